The second kappa shape index (κ2) is 9.74. The molecule has 5 nitrogen and oxygen atoms in total. The second-order valence-electron chi connectivity index (χ2n) is 7.26. The average Bonchev–Trinajstić information content (AvgIpc) is 2.81. The zero-order valence-electron chi connectivity index (χ0n) is 16.6. The van der Waals surface area contributed by atoms with Gasteiger partial charge in [-0.25, -0.2) is 4.98 Å². The van der Waals surface area contributed by atoms with Crippen LogP contribution in [0.15, 0.2) is 72.9 Å². The van der Waals surface area contributed by atoms with Gasteiger partial charge in [-0.15, -0.1) is 0 Å². The van der Waals surface area contributed by atoms with E-state index in [-0.39, 0.29) is 11.9 Å². The van der Waals surface area contributed by atoms with Crippen molar-refractivity contribution in [3.8, 4) is 0 Å². The fourth-order valence-electron chi connectivity index (χ4n) is 3.56. The average molecular weight is 422 g/mol. The molecule has 0 bridgehead atoms. The van der Waals surface area contributed by atoms with Crippen LogP contribution in [0, 0.1) is 0 Å². The Bertz CT molecular complexity index is 976. The van der Waals surface area contributed by atoms with Crippen LogP contribution in [0.5, 0.6) is 0 Å². The van der Waals surface area contributed by atoms with Crippen molar-refractivity contribution >= 4 is 23.3 Å². The zero-order chi connectivity index (χ0) is 20.8. The SMILES string of the molecule is O=C(c1cnc(NC(Cc2ccccc2)c2ccccc2)c(Cl)c1)N1CCOCC1. The minimum Gasteiger partial charge on any atom is -0.378 e. The van der Waals surface area contributed by atoms with Gasteiger partial charge < -0.3 is 15.0 Å². The highest BCUT2D eigenvalue weighted by Crippen LogP contribution is 2.28. The number of benzene rings is 2. The lowest BCUT2D eigenvalue weighted by atomic mass is 9.99. The van der Waals surface area contributed by atoms with Crippen LogP contribution in [-0.4, -0.2) is 42.1 Å². The Hall–Kier alpha value is -2.89. The van der Waals surface area contributed by atoms with E-state index in [2.05, 4.69) is 34.6 Å². The first-order valence-corrected chi connectivity index (χ1v) is 10.5. The fraction of sp³-hybridized carbons (Fsp3) is 0.250. The molecule has 1 unspecified atom stereocenters. The number of rotatable bonds is 6. The van der Waals surface area contributed by atoms with Crippen LogP contribution in [0.1, 0.15) is 27.5 Å². The van der Waals surface area contributed by atoms with Gasteiger partial charge in [0.2, 0.25) is 0 Å². The standard InChI is InChI=1S/C24H24ClN3O2/c25-21-16-20(24(29)28-11-13-30-14-12-28)17-26-23(21)27-22(19-9-5-2-6-10-19)15-18-7-3-1-4-8-18/h1-10,16-17,22H,11-15H2,(H,26,27). The highest BCUT2D eigenvalue weighted by atomic mass is 35.5. The van der Waals surface area contributed by atoms with Crippen molar-refractivity contribution in [3.63, 3.8) is 0 Å². The maximum atomic E-state index is 12.7. The number of carbonyl (C=O) groups excluding carboxylic acids is 1. The minimum atomic E-state index is -0.0665. The molecular weight excluding hydrogens is 398 g/mol. The minimum absolute atomic E-state index is 0.000560. The summed E-state index contributed by atoms with van der Waals surface area (Å²) in [5.41, 5.74) is 2.86. The first-order chi connectivity index (χ1) is 14.7. The summed E-state index contributed by atoms with van der Waals surface area (Å²) < 4.78 is 5.32. The Labute approximate surface area is 181 Å². The highest BCUT2D eigenvalue weighted by molar-refractivity contribution is 6.33. The van der Waals surface area contributed by atoms with Crippen molar-refractivity contribution in [2.45, 2.75) is 12.5 Å². The number of morpholine rings is 1. The van der Waals surface area contributed by atoms with Gasteiger partial charge in [-0.05, 0) is 23.6 Å². The van der Waals surface area contributed by atoms with E-state index in [1.165, 1.54) is 5.56 Å². The third-order valence-corrected chi connectivity index (χ3v) is 5.47. The Morgan fingerprint density at radius 1 is 1.07 bits per heavy atom. The van der Waals surface area contributed by atoms with Crippen LogP contribution in [0.4, 0.5) is 5.82 Å². The molecule has 2 aromatic carbocycles. The van der Waals surface area contributed by atoms with E-state index in [0.717, 1.165) is 12.0 Å². The zero-order valence-corrected chi connectivity index (χ0v) is 17.4. The Morgan fingerprint density at radius 3 is 2.40 bits per heavy atom. The van der Waals surface area contributed by atoms with E-state index in [4.69, 9.17) is 16.3 Å². The lowest BCUT2D eigenvalue weighted by Crippen LogP contribution is -2.40. The van der Waals surface area contributed by atoms with E-state index in [1.54, 1.807) is 17.2 Å². The lowest BCUT2D eigenvalue weighted by molar-refractivity contribution is 0.0302. The van der Waals surface area contributed by atoms with Crippen molar-refractivity contribution < 1.29 is 9.53 Å². The van der Waals surface area contributed by atoms with Crippen LogP contribution in [0.3, 0.4) is 0 Å². The molecule has 1 fully saturated rings. The number of ether oxygens (including phenoxy) is 1. The van der Waals surface area contributed by atoms with Gasteiger partial charge in [-0.1, -0.05) is 72.3 Å². The Morgan fingerprint density at radius 2 is 1.73 bits per heavy atom. The molecule has 30 heavy (non-hydrogen) atoms. The number of aromatic nitrogens is 1. The maximum Gasteiger partial charge on any atom is 0.255 e. The van der Waals surface area contributed by atoms with Crippen LogP contribution in [0.25, 0.3) is 0 Å². The first-order valence-electron chi connectivity index (χ1n) is 10.1. The van der Waals surface area contributed by atoms with E-state index in [9.17, 15) is 4.79 Å². The Kier molecular flexibility index (Phi) is 6.62. The van der Waals surface area contributed by atoms with Gasteiger partial charge in [0.25, 0.3) is 5.91 Å². The van der Waals surface area contributed by atoms with Crippen LogP contribution >= 0.6 is 11.6 Å². The largest absolute Gasteiger partial charge is 0.378 e. The molecule has 6 heteroatoms. The summed E-state index contributed by atoms with van der Waals surface area (Å²) in [5, 5.41) is 3.90. The molecule has 1 N–H and O–H groups in total. The predicted octanol–water partition coefficient (Wildman–Crippen LogP) is 4.60. The summed E-state index contributed by atoms with van der Waals surface area (Å²) in [6.45, 7) is 2.29. The fourth-order valence-corrected chi connectivity index (χ4v) is 3.78. The normalized spacial score (nSPS) is 14.9. The number of hydrogen-bond acceptors (Lipinski definition) is 4. The number of nitrogens with zero attached hydrogens (tertiary/aromatic N) is 2. The topological polar surface area (TPSA) is 54.5 Å². The number of pyridine rings is 1. The van der Waals surface area contributed by atoms with Crippen molar-refractivity contribution in [1.82, 2.24) is 9.88 Å². The summed E-state index contributed by atoms with van der Waals surface area (Å²) in [5.74, 6) is 0.503. The number of amides is 1. The number of anilines is 1. The number of halogens is 1. The van der Waals surface area contributed by atoms with Crippen molar-refractivity contribution in [2.75, 3.05) is 31.6 Å². The molecule has 2 heterocycles. The molecule has 1 aliphatic rings. The number of nitrogens with one attached hydrogen (secondary N) is 1. The summed E-state index contributed by atoms with van der Waals surface area (Å²) >= 11 is 6.53. The quantitative estimate of drug-likeness (QED) is 0.631. The summed E-state index contributed by atoms with van der Waals surface area (Å²) in [6.07, 6.45) is 2.38. The van der Waals surface area contributed by atoms with E-state index >= 15 is 0 Å². The summed E-state index contributed by atoms with van der Waals surface area (Å²) in [4.78, 5) is 18.9. The van der Waals surface area contributed by atoms with Crippen molar-refractivity contribution in [1.29, 1.82) is 0 Å². The molecule has 0 aliphatic carbocycles. The van der Waals surface area contributed by atoms with E-state index in [1.807, 2.05) is 36.4 Å². The molecule has 154 valence electrons. The smallest absolute Gasteiger partial charge is 0.255 e. The molecule has 3 aromatic rings. The third kappa shape index (κ3) is 4.99. The van der Waals surface area contributed by atoms with Gasteiger partial charge in [0, 0.05) is 19.3 Å². The number of hydrogen-bond donors (Lipinski definition) is 1. The Balaban J connectivity index is 1.54. The lowest BCUT2D eigenvalue weighted by Gasteiger charge is -2.27. The van der Waals surface area contributed by atoms with Crippen molar-refractivity contribution in [2.24, 2.45) is 0 Å². The van der Waals surface area contributed by atoms with Crippen LogP contribution in [0.2, 0.25) is 5.02 Å². The summed E-state index contributed by atoms with van der Waals surface area (Å²) in [7, 11) is 0. The molecule has 1 amide bonds. The number of carbonyl (C=O) groups is 1. The molecule has 1 atom stereocenters. The van der Waals surface area contributed by atoms with Gasteiger partial charge in [0.15, 0.2) is 0 Å². The van der Waals surface area contributed by atoms with Gasteiger partial charge in [0.05, 0.1) is 29.8 Å². The second-order valence-corrected chi connectivity index (χ2v) is 7.66. The highest BCUT2D eigenvalue weighted by Gasteiger charge is 2.21. The summed E-state index contributed by atoms with van der Waals surface area (Å²) in [6, 6.07) is 22.2. The molecule has 0 spiro atoms. The van der Waals surface area contributed by atoms with Gasteiger partial charge >= 0.3 is 0 Å². The van der Waals surface area contributed by atoms with Crippen LogP contribution < -0.4 is 5.32 Å². The monoisotopic (exact) mass is 421 g/mol. The third-order valence-electron chi connectivity index (χ3n) is 5.18. The van der Waals surface area contributed by atoms with Gasteiger partial charge in [-0.3, -0.25) is 4.79 Å². The predicted molar refractivity (Wildman–Crippen MR) is 119 cm³/mol. The molecule has 1 saturated heterocycles. The van der Waals surface area contributed by atoms with E-state index in [0.29, 0.717) is 42.7 Å². The van der Waals surface area contributed by atoms with Crippen molar-refractivity contribution in [3.05, 3.63) is 94.6 Å². The molecule has 0 radical (unpaired) electrons. The van der Waals surface area contributed by atoms with E-state index < -0.39 is 0 Å². The molecule has 1 aliphatic heterocycles. The molecule has 1 aromatic heterocycles. The first kappa shape index (κ1) is 20.4. The van der Waals surface area contributed by atoms with Crippen LogP contribution in [-0.2, 0) is 11.2 Å². The molecular formula is C24H24ClN3O2. The molecule has 4 rings (SSSR count). The van der Waals surface area contributed by atoms with Gasteiger partial charge in [0.1, 0.15) is 5.82 Å². The maximum absolute atomic E-state index is 12.7. The van der Waals surface area contributed by atoms with Gasteiger partial charge in [-0.2, -0.15) is 0 Å². The molecule has 0 saturated carbocycles.